The number of rotatable bonds is 5. The van der Waals surface area contributed by atoms with Gasteiger partial charge in [0.15, 0.2) is 5.76 Å². The molecule has 8 heteroatoms. The molecule has 130 valence electrons. The number of furan rings is 1. The zero-order chi connectivity index (χ0) is 17.2. The molecule has 0 aromatic carbocycles. The minimum Gasteiger partial charge on any atom is -0.455 e. The number of nitrogens with zero attached hydrogens (tertiary/aromatic N) is 2. The highest BCUT2D eigenvalue weighted by molar-refractivity contribution is 7.89. The lowest BCUT2D eigenvalue weighted by molar-refractivity contribution is 0.0657. The van der Waals surface area contributed by atoms with Gasteiger partial charge in [0, 0.05) is 33.3 Å². The molecule has 0 saturated carbocycles. The molecule has 0 atom stereocenters. The average molecular weight is 343 g/mol. The van der Waals surface area contributed by atoms with Crippen molar-refractivity contribution in [1.82, 2.24) is 14.5 Å². The molecule has 1 fully saturated rings. The average Bonchev–Trinajstić information content (AvgIpc) is 2.90. The minimum atomic E-state index is -3.61. The van der Waals surface area contributed by atoms with Gasteiger partial charge in [-0.2, -0.15) is 0 Å². The number of nitrogens with one attached hydrogen (secondary N) is 1. The molecule has 0 bridgehead atoms. The third-order valence-corrected chi connectivity index (χ3v) is 6.16. The van der Waals surface area contributed by atoms with Crippen molar-refractivity contribution in [1.29, 1.82) is 0 Å². The molecule has 7 nitrogen and oxygen atoms in total. The quantitative estimate of drug-likeness (QED) is 0.859. The Kier molecular flexibility index (Phi) is 5.49. The molecule has 0 spiro atoms. The van der Waals surface area contributed by atoms with Crippen molar-refractivity contribution in [2.75, 3.05) is 40.8 Å². The van der Waals surface area contributed by atoms with Crippen LogP contribution >= 0.6 is 0 Å². The summed E-state index contributed by atoms with van der Waals surface area (Å²) in [6.45, 7) is 3.85. The highest BCUT2D eigenvalue weighted by Gasteiger charge is 2.29. The maximum atomic E-state index is 12.5. The Labute approximate surface area is 137 Å². The third-order valence-electron chi connectivity index (χ3n) is 4.24. The predicted octanol–water partition coefficient (Wildman–Crippen LogP) is 0.910. The van der Waals surface area contributed by atoms with E-state index in [2.05, 4.69) is 5.32 Å². The summed E-state index contributed by atoms with van der Waals surface area (Å²) >= 11 is 0. The monoisotopic (exact) mass is 343 g/mol. The van der Waals surface area contributed by atoms with Gasteiger partial charge in [-0.3, -0.25) is 4.79 Å². The van der Waals surface area contributed by atoms with Crippen molar-refractivity contribution in [3.63, 3.8) is 0 Å². The van der Waals surface area contributed by atoms with E-state index in [1.54, 1.807) is 11.8 Å². The molecule has 2 rings (SSSR count). The van der Waals surface area contributed by atoms with Crippen LogP contribution in [-0.4, -0.2) is 64.3 Å². The summed E-state index contributed by atoms with van der Waals surface area (Å²) in [7, 11) is 1.23. The zero-order valence-corrected chi connectivity index (χ0v) is 14.9. The largest absolute Gasteiger partial charge is 0.455 e. The molecule has 1 aliphatic heterocycles. The zero-order valence-electron chi connectivity index (χ0n) is 14.1. The Bertz CT molecular complexity index is 658. The number of amides is 1. The summed E-state index contributed by atoms with van der Waals surface area (Å²) in [5.74, 6) is 0.672. The van der Waals surface area contributed by atoms with Crippen LogP contribution in [0.4, 0.5) is 0 Å². The molecule has 1 saturated heterocycles. The summed E-state index contributed by atoms with van der Waals surface area (Å²) < 4.78 is 31.0. The van der Waals surface area contributed by atoms with Gasteiger partial charge in [0.1, 0.15) is 10.7 Å². The number of piperidine rings is 1. The second-order valence-corrected chi connectivity index (χ2v) is 8.23. The van der Waals surface area contributed by atoms with Crippen molar-refractivity contribution >= 4 is 15.9 Å². The highest BCUT2D eigenvalue weighted by Crippen LogP contribution is 2.25. The molecular weight excluding hydrogens is 318 g/mol. The number of likely N-dealkylation sites (tertiary alicyclic amines) is 1. The molecule has 0 radical (unpaired) electrons. The number of hydrogen-bond acceptors (Lipinski definition) is 5. The first kappa shape index (κ1) is 18.0. The van der Waals surface area contributed by atoms with Gasteiger partial charge in [0.05, 0.1) is 0 Å². The highest BCUT2D eigenvalue weighted by atomic mass is 32.2. The lowest BCUT2D eigenvalue weighted by atomic mass is 9.97. The Morgan fingerprint density at radius 3 is 2.52 bits per heavy atom. The number of carbonyl (C=O) groups excluding carboxylic acids is 1. The SMILES string of the molecule is CNCC1CCN(C(=O)c2cc(S(=O)(=O)N(C)C)c(C)o2)CC1. The summed E-state index contributed by atoms with van der Waals surface area (Å²) in [4.78, 5) is 14.3. The first-order valence-corrected chi connectivity index (χ1v) is 9.18. The van der Waals surface area contributed by atoms with Crippen molar-refractivity contribution in [2.45, 2.75) is 24.7 Å². The number of carbonyl (C=O) groups is 1. The van der Waals surface area contributed by atoms with E-state index in [0.717, 1.165) is 23.7 Å². The first-order chi connectivity index (χ1) is 10.8. The van der Waals surface area contributed by atoms with Crippen LogP contribution in [0.1, 0.15) is 29.2 Å². The molecule has 1 N–H and O–H groups in total. The summed E-state index contributed by atoms with van der Waals surface area (Å²) in [5.41, 5.74) is 0. The fourth-order valence-electron chi connectivity index (χ4n) is 2.81. The van der Waals surface area contributed by atoms with Crippen LogP contribution < -0.4 is 5.32 Å². The molecular formula is C15H25N3O4S. The van der Waals surface area contributed by atoms with Gasteiger partial charge in [-0.15, -0.1) is 0 Å². The Morgan fingerprint density at radius 1 is 1.39 bits per heavy atom. The number of sulfonamides is 1. The fourth-order valence-corrected chi connectivity index (χ4v) is 3.86. The van der Waals surface area contributed by atoms with Crippen LogP contribution in [0.3, 0.4) is 0 Å². The van der Waals surface area contributed by atoms with Crippen molar-refractivity contribution in [2.24, 2.45) is 5.92 Å². The van der Waals surface area contributed by atoms with Crippen LogP contribution in [0.5, 0.6) is 0 Å². The molecule has 2 heterocycles. The summed E-state index contributed by atoms with van der Waals surface area (Å²) in [6, 6.07) is 1.34. The van der Waals surface area contributed by atoms with E-state index in [0.29, 0.717) is 19.0 Å². The van der Waals surface area contributed by atoms with E-state index in [1.165, 1.54) is 20.2 Å². The van der Waals surface area contributed by atoms with E-state index in [9.17, 15) is 13.2 Å². The smallest absolute Gasteiger partial charge is 0.289 e. The van der Waals surface area contributed by atoms with Crippen molar-refractivity contribution in [3.8, 4) is 0 Å². The maximum absolute atomic E-state index is 12.5. The van der Waals surface area contributed by atoms with Crippen LogP contribution in [-0.2, 0) is 10.0 Å². The van der Waals surface area contributed by atoms with Crippen LogP contribution in [0.2, 0.25) is 0 Å². The minimum absolute atomic E-state index is 0.0518. The molecule has 1 aliphatic rings. The van der Waals surface area contributed by atoms with Gasteiger partial charge < -0.3 is 14.6 Å². The summed E-state index contributed by atoms with van der Waals surface area (Å²) in [6.07, 6.45) is 1.88. The topological polar surface area (TPSA) is 82.9 Å². The van der Waals surface area contributed by atoms with E-state index in [4.69, 9.17) is 4.42 Å². The lowest BCUT2D eigenvalue weighted by Gasteiger charge is -2.31. The van der Waals surface area contributed by atoms with E-state index in [1.807, 2.05) is 7.05 Å². The van der Waals surface area contributed by atoms with Gasteiger partial charge in [-0.25, -0.2) is 12.7 Å². The summed E-state index contributed by atoms with van der Waals surface area (Å²) in [5, 5.41) is 3.16. The molecule has 23 heavy (non-hydrogen) atoms. The second kappa shape index (κ2) is 7.02. The van der Waals surface area contributed by atoms with Crippen LogP contribution in [0.25, 0.3) is 0 Å². The Hall–Kier alpha value is -1.38. The predicted molar refractivity (Wildman–Crippen MR) is 86.9 cm³/mol. The molecule has 1 amide bonds. The number of aryl methyl sites for hydroxylation is 1. The third kappa shape index (κ3) is 3.76. The van der Waals surface area contributed by atoms with Crippen molar-refractivity contribution in [3.05, 3.63) is 17.6 Å². The van der Waals surface area contributed by atoms with E-state index in [-0.39, 0.29) is 22.3 Å². The fraction of sp³-hybridized carbons (Fsp3) is 0.667. The second-order valence-electron chi connectivity index (χ2n) is 6.11. The maximum Gasteiger partial charge on any atom is 0.289 e. The van der Waals surface area contributed by atoms with Gasteiger partial charge in [0.25, 0.3) is 5.91 Å². The number of hydrogen-bond donors (Lipinski definition) is 1. The van der Waals surface area contributed by atoms with E-state index < -0.39 is 10.0 Å². The van der Waals surface area contributed by atoms with Crippen molar-refractivity contribution < 1.29 is 17.6 Å². The van der Waals surface area contributed by atoms with E-state index >= 15 is 0 Å². The van der Waals surface area contributed by atoms with Crippen LogP contribution in [0.15, 0.2) is 15.4 Å². The van der Waals surface area contributed by atoms with Crippen LogP contribution in [0, 0.1) is 12.8 Å². The lowest BCUT2D eigenvalue weighted by Crippen LogP contribution is -2.40. The molecule has 1 aromatic heterocycles. The van der Waals surface area contributed by atoms with Gasteiger partial charge in [0.2, 0.25) is 10.0 Å². The standard InChI is InChI=1S/C15H25N3O4S/c1-11-14(23(20,21)17(3)4)9-13(22-11)15(19)18-7-5-12(6-8-18)10-16-2/h9,12,16H,5-8,10H2,1-4H3. The Morgan fingerprint density at radius 2 is 2.00 bits per heavy atom. The normalized spacial score (nSPS) is 17.0. The molecule has 1 aromatic rings. The van der Waals surface area contributed by atoms with Gasteiger partial charge in [-0.05, 0) is 39.3 Å². The molecule has 0 unspecified atom stereocenters. The Balaban J connectivity index is 2.13. The first-order valence-electron chi connectivity index (χ1n) is 7.74. The molecule has 0 aliphatic carbocycles. The van der Waals surface area contributed by atoms with Gasteiger partial charge >= 0.3 is 0 Å². The van der Waals surface area contributed by atoms with Gasteiger partial charge in [-0.1, -0.05) is 0 Å².